The summed E-state index contributed by atoms with van der Waals surface area (Å²) < 4.78 is 1.71. The minimum Gasteiger partial charge on any atom is -0.383 e. The van der Waals surface area contributed by atoms with E-state index < -0.39 is 6.10 Å². The first-order valence-electron chi connectivity index (χ1n) is 4.85. The second-order valence-corrected chi connectivity index (χ2v) is 4.40. The Balaban J connectivity index is 2.12. The van der Waals surface area contributed by atoms with Gasteiger partial charge in [0, 0.05) is 22.8 Å². The lowest BCUT2D eigenvalue weighted by atomic mass is 10.1. The molecule has 0 radical (unpaired) electrons. The van der Waals surface area contributed by atoms with Gasteiger partial charge in [-0.1, -0.05) is 6.07 Å². The van der Waals surface area contributed by atoms with E-state index >= 15 is 0 Å². The Labute approximate surface area is 95.8 Å². The smallest absolute Gasteiger partial charge is 0.117 e. The number of nitrogens with zero attached hydrogens (tertiary/aromatic N) is 3. The maximum Gasteiger partial charge on any atom is 0.117 e. The first kappa shape index (κ1) is 9.50. The van der Waals surface area contributed by atoms with Gasteiger partial charge in [0.05, 0.1) is 17.9 Å². The van der Waals surface area contributed by atoms with Gasteiger partial charge in [0.15, 0.2) is 0 Å². The Kier molecular flexibility index (Phi) is 2.19. The molecule has 1 unspecified atom stereocenters. The van der Waals surface area contributed by atoms with Crippen LogP contribution in [0.4, 0.5) is 0 Å². The summed E-state index contributed by atoms with van der Waals surface area (Å²) in [6.45, 7) is 0. The van der Waals surface area contributed by atoms with Gasteiger partial charge in [-0.25, -0.2) is 4.52 Å². The monoisotopic (exact) mass is 231 g/mol. The van der Waals surface area contributed by atoms with Crippen molar-refractivity contribution < 1.29 is 5.11 Å². The predicted octanol–water partition coefficient (Wildman–Crippen LogP) is 1.87. The van der Waals surface area contributed by atoms with Gasteiger partial charge in [0.1, 0.15) is 6.10 Å². The van der Waals surface area contributed by atoms with E-state index in [0.29, 0.717) is 0 Å². The lowest BCUT2D eigenvalue weighted by molar-refractivity contribution is 0.225. The summed E-state index contributed by atoms with van der Waals surface area (Å²) >= 11 is 1.53. The largest absolute Gasteiger partial charge is 0.383 e. The van der Waals surface area contributed by atoms with E-state index in [4.69, 9.17) is 0 Å². The molecular formula is C11H9N3OS. The topological polar surface area (TPSA) is 50.4 Å². The Morgan fingerprint density at radius 1 is 1.38 bits per heavy atom. The molecule has 3 heterocycles. The summed E-state index contributed by atoms with van der Waals surface area (Å²) in [6, 6.07) is 3.84. The summed E-state index contributed by atoms with van der Waals surface area (Å²) in [6.07, 6.45) is 6.20. The summed E-state index contributed by atoms with van der Waals surface area (Å²) in [5.74, 6) is 0. The summed E-state index contributed by atoms with van der Waals surface area (Å²) in [5.41, 5.74) is 1.62. The molecule has 0 bridgehead atoms. The van der Waals surface area contributed by atoms with Crippen LogP contribution in [0.5, 0.6) is 0 Å². The van der Waals surface area contributed by atoms with Crippen molar-refractivity contribution in [3.63, 3.8) is 0 Å². The molecule has 0 saturated heterocycles. The quantitative estimate of drug-likeness (QED) is 0.732. The number of aliphatic hydroxyl groups excluding tert-OH is 1. The fraction of sp³-hybridized carbons (Fsp3) is 0.0909. The van der Waals surface area contributed by atoms with Crippen LogP contribution < -0.4 is 0 Å². The zero-order valence-corrected chi connectivity index (χ0v) is 9.13. The molecule has 4 nitrogen and oxygen atoms in total. The average Bonchev–Trinajstić information content (AvgIpc) is 2.98. The van der Waals surface area contributed by atoms with Gasteiger partial charge < -0.3 is 5.11 Å². The Bertz CT molecular complexity index is 603. The number of hydrogen-bond donors (Lipinski definition) is 1. The molecule has 0 fully saturated rings. The van der Waals surface area contributed by atoms with Crippen molar-refractivity contribution in [2.75, 3.05) is 0 Å². The van der Waals surface area contributed by atoms with E-state index in [1.54, 1.807) is 29.3 Å². The zero-order chi connectivity index (χ0) is 11.0. The van der Waals surface area contributed by atoms with Crippen LogP contribution in [0.15, 0.2) is 42.3 Å². The molecule has 0 aliphatic carbocycles. The van der Waals surface area contributed by atoms with E-state index in [0.717, 1.165) is 16.0 Å². The normalized spacial score (nSPS) is 13.1. The highest BCUT2D eigenvalue weighted by Crippen LogP contribution is 2.27. The zero-order valence-electron chi connectivity index (χ0n) is 8.32. The molecule has 0 amide bonds. The number of rotatable bonds is 2. The first-order valence-corrected chi connectivity index (χ1v) is 5.73. The van der Waals surface area contributed by atoms with Crippen LogP contribution >= 0.6 is 11.3 Å². The van der Waals surface area contributed by atoms with Crippen molar-refractivity contribution in [1.29, 1.82) is 0 Å². The lowest BCUT2D eigenvalue weighted by Crippen LogP contribution is -1.96. The standard InChI is InChI=1S/C11H9N3OS/c15-11(10-2-1-5-16-10)8-6-13-14-4-3-12-7-9(8)14/h1-7,11,15H. The molecule has 3 aromatic heterocycles. The lowest BCUT2D eigenvalue weighted by Gasteiger charge is -2.05. The summed E-state index contributed by atoms with van der Waals surface area (Å²) in [5, 5.41) is 16.3. The second kappa shape index (κ2) is 3.70. The van der Waals surface area contributed by atoms with Gasteiger partial charge in [-0.3, -0.25) is 4.98 Å². The van der Waals surface area contributed by atoms with Gasteiger partial charge >= 0.3 is 0 Å². The van der Waals surface area contributed by atoms with E-state index in [1.807, 2.05) is 17.5 Å². The highest BCUT2D eigenvalue weighted by molar-refractivity contribution is 7.10. The van der Waals surface area contributed by atoms with Crippen LogP contribution in [-0.4, -0.2) is 19.7 Å². The van der Waals surface area contributed by atoms with Crippen LogP contribution in [0.25, 0.3) is 5.52 Å². The summed E-state index contributed by atoms with van der Waals surface area (Å²) in [4.78, 5) is 4.96. The minimum absolute atomic E-state index is 0.623. The van der Waals surface area contributed by atoms with Gasteiger partial charge in [0.25, 0.3) is 0 Å². The Hall–Kier alpha value is -1.72. The molecule has 16 heavy (non-hydrogen) atoms. The van der Waals surface area contributed by atoms with E-state index in [1.165, 1.54) is 11.3 Å². The highest BCUT2D eigenvalue weighted by atomic mass is 32.1. The third kappa shape index (κ3) is 1.41. The van der Waals surface area contributed by atoms with E-state index in [9.17, 15) is 5.11 Å². The second-order valence-electron chi connectivity index (χ2n) is 3.42. The maximum atomic E-state index is 10.2. The van der Waals surface area contributed by atoms with Gasteiger partial charge in [0.2, 0.25) is 0 Å². The summed E-state index contributed by atoms with van der Waals surface area (Å²) in [7, 11) is 0. The Morgan fingerprint density at radius 3 is 3.12 bits per heavy atom. The minimum atomic E-state index is -0.623. The molecule has 0 aliphatic rings. The van der Waals surface area contributed by atoms with Crippen molar-refractivity contribution in [1.82, 2.24) is 14.6 Å². The van der Waals surface area contributed by atoms with Gasteiger partial charge in [-0.2, -0.15) is 5.10 Å². The fourth-order valence-electron chi connectivity index (χ4n) is 1.66. The predicted molar refractivity (Wildman–Crippen MR) is 61.4 cm³/mol. The van der Waals surface area contributed by atoms with Crippen molar-refractivity contribution in [2.24, 2.45) is 0 Å². The fourth-order valence-corrected chi connectivity index (χ4v) is 2.39. The molecular weight excluding hydrogens is 222 g/mol. The Morgan fingerprint density at radius 2 is 2.31 bits per heavy atom. The van der Waals surface area contributed by atoms with Crippen molar-refractivity contribution in [3.05, 3.63) is 52.7 Å². The number of hydrogen-bond acceptors (Lipinski definition) is 4. The molecule has 0 aliphatic heterocycles. The van der Waals surface area contributed by atoms with Crippen LogP contribution in [0.1, 0.15) is 16.5 Å². The molecule has 1 atom stereocenters. The van der Waals surface area contributed by atoms with Crippen LogP contribution in [0.2, 0.25) is 0 Å². The molecule has 3 aromatic rings. The first-order chi connectivity index (χ1) is 7.86. The van der Waals surface area contributed by atoms with Crippen molar-refractivity contribution >= 4 is 16.9 Å². The number of fused-ring (bicyclic) bond motifs is 1. The highest BCUT2D eigenvalue weighted by Gasteiger charge is 2.16. The van der Waals surface area contributed by atoms with Crippen LogP contribution in [0.3, 0.4) is 0 Å². The maximum absolute atomic E-state index is 10.2. The molecule has 80 valence electrons. The number of aromatic nitrogens is 3. The van der Waals surface area contributed by atoms with E-state index in [2.05, 4.69) is 10.1 Å². The number of thiophene rings is 1. The van der Waals surface area contributed by atoms with Crippen LogP contribution in [-0.2, 0) is 0 Å². The average molecular weight is 231 g/mol. The molecule has 1 N–H and O–H groups in total. The molecule has 0 spiro atoms. The van der Waals surface area contributed by atoms with Crippen molar-refractivity contribution in [3.8, 4) is 0 Å². The SMILES string of the molecule is OC(c1cccs1)c1cnn2ccncc12. The molecule has 3 rings (SSSR count). The van der Waals surface area contributed by atoms with Gasteiger partial charge in [-0.05, 0) is 11.4 Å². The molecule has 5 heteroatoms. The number of aliphatic hydroxyl groups is 1. The third-order valence-electron chi connectivity index (χ3n) is 2.46. The third-order valence-corrected chi connectivity index (χ3v) is 3.39. The molecule has 0 aromatic carbocycles. The van der Waals surface area contributed by atoms with E-state index in [-0.39, 0.29) is 0 Å². The van der Waals surface area contributed by atoms with Gasteiger partial charge in [-0.15, -0.1) is 11.3 Å². The van der Waals surface area contributed by atoms with Crippen LogP contribution in [0, 0.1) is 0 Å². The molecule has 0 saturated carbocycles. The van der Waals surface area contributed by atoms with Crippen molar-refractivity contribution in [2.45, 2.75) is 6.10 Å².